The molecule has 0 unspecified atom stereocenters. The molecule has 28 heavy (non-hydrogen) atoms. The van der Waals surface area contributed by atoms with E-state index in [1.807, 2.05) is 27.7 Å². The maximum absolute atomic E-state index is 14.6. The second-order valence-electron chi connectivity index (χ2n) is 7.63. The number of ether oxygens (including phenoxy) is 1. The number of carbonyl (C=O) groups is 1. The van der Waals surface area contributed by atoms with E-state index in [1.165, 1.54) is 6.07 Å². The Hall–Kier alpha value is -2.58. The summed E-state index contributed by atoms with van der Waals surface area (Å²) in [4.78, 5) is 12.1. The van der Waals surface area contributed by atoms with Crippen molar-refractivity contribution >= 4 is 30.0 Å². The van der Waals surface area contributed by atoms with Gasteiger partial charge < -0.3 is 24.7 Å². The number of carbonyl (C=O) groups excluding carboxylic acids is 1. The number of methoxy groups -OCH3 is 1. The number of halogens is 1. The zero-order chi connectivity index (χ0) is 20.5. The van der Waals surface area contributed by atoms with Crippen LogP contribution >= 0.6 is 0 Å². The molecule has 2 aromatic carbocycles. The topological polar surface area (TPSA) is 68.8 Å². The third-order valence-electron chi connectivity index (χ3n) is 5.11. The van der Waals surface area contributed by atoms with Gasteiger partial charge in [0.15, 0.2) is 0 Å². The molecule has 0 aromatic heterocycles. The number of nitrogens with one attached hydrogen (secondary N) is 2. The van der Waals surface area contributed by atoms with Gasteiger partial charge in [-0.05, 0) is 64.1 Å². The molecule has 0 saturated carbocycles. The summed E-state index contributed by atoms with van der Waals surface area (Å²) in [6.07, 6.45) is 0. The molecule has 0 radical (unpaired) electrons. The van der Waals surface area contributed by atoms with E-state index in [1.54, 1.807) is 43.5 Å². The third kappa shape index (κ3) is 4.13. The minimum atomic E-state index is -0.799. The molecule has 1 saturated heterocycles. The Labute approximate surface area is 164 Å². The summed E-state index contributed by atoms with van der Waals surface area (Å²) in [5.41, 5.74) is 0.0922. The van der Waals surface area contributed by atoms with Gasteiger partial charge in [-0.2, -0.15) is 0 Å². The lowest BCUT2D eigenvalue weighted by molar-refractivity contribution is 0.00578. The molecule has 1 heterocycles. The molecule has 0 spiro atoms. The van der Waals surface area contributed by atoms with Crippen LogP contribution in [0.3, 0.4) is 0 Å². The van der Waals surface area contributed by atoms with Crippen LogP contribution in [0.4, 0.5) is 20.6 Å². The van der Waals surface area contributed by atoms with Crippen molar-refractivity contribution in [3.63, 3.8) is 0 Å². The minimum Gasteiger partial charge on any atom is -0.497 e. The molecule has 0 atom stereocenters. The molecule has 1 fully saturated rings. The van der Waals surface area contributed by atoms with E-state index in [9.17, 15) is 9.18 Å². The molecule has 1 aliphatic heterocycles. The van der Waals surface area contributed by atoms with Crippen LogP contribution in [-0.2, 0) is 9.31 Å². The molecule has 6 nitrogen and oxygen atoms in total. The summed E-state index contributed by atoms with van der Waals surface area (Å²) in [7, 11) is 0.768. The van der Waals surface area contributed by atoms with Crippen LogP contribution < -0.4 is 20.8 Å². The number of hydrogen-bond acceptors (Lipinski definition) is 4. The second-order valence-corrected chi connectivity index (χ2v) is 7.63. The number of benzene rings is 2. The Morgan fingerprint density at radius 1 is 0.964 bits per heavy atom. The lowest BCUT2D eigenvalue weighted by Gasteiger charge is -2.32. The van der Waals surface area contributed by atoms with Gasteiger partial charge >= 0.3 is 13.1 Å². The van der Waals surface area contributed by atoms with Crippen LogP contribution in [-0.4, -0.2) is 31.5 Å². The van der Waals surface area contributed by atoms with E-state index in [2.05, 4.69) is 10.6 Å². The van der Waals surface area contributed by atoms with E-state index in [0.717, 1.165) is 0 Å². The molecule has 0 bridgehead atoms. The Bertz CT molecular complexity index is 855. The molecule has 8 heteroatoms. The fourth-order valence-corrected chi connectivity index (χ4v) is 2.73. The largest absolute Gasteiger partial charge is 0.497 e. The summed E-state index contributed by atoms with van der Waals surface area (Å²) < 4.78 is 31.4. The molecule has 2 aromatic rings. The number of rotatable bonds is 4. The number of anilines is 2. The van der Waals surface area contributed by atoms with Crippen molar-refractivity contribution in [2.24, 2.45) is 0 Å². The zero-order valence-electron chi connectivity index (χ0n) is 16.6. The highest BCUT2D eigenvalue weighted by atomic mass is 19.1. The zero-order valence-corrected chi connectivity index (χ0v) is 16.6. The van der Waals surface area contributed by atoms with E-state index >= 15 is 0 Å². The van der Waals surface area contributed by atoms with Crippen LogP contribution in [0.2, 0.25) is 0 Å². The van der Waals surface area contributed by atoms with Crippen molar-refractivity contribution < 1.29 is 23.2 Å². The Morgan fingerprint density at radius 3 is 2.04 bits per heavy atom. The molecule has 2 amide bonds. The van der Waals surface area contributed by atoms with Crippen molar-refractivity contribution in [2.75, 3.05) is 17.7 Å². The predicted octanol–water partition coefficient (Wildman–Crippen LogP) is 3.78. The lowest BCUT2D eigenvalue weighted by atomic mass is 9.78. The van der Waals surface area contributed by atoms with Gasteiger partial charge in [-0.25, -0.2) is 9.18 Å². The first-order valence-electron chi connectivity index (χ1n) is 8.98. The number of urea groups is 1. The van der Waals surface area contributed by atoms with Crippen LogP contribution in [0.15, 0.2) is 42.5 Å². The van der Waals surface area contributed by atoms with Crippen LogP contribution in [0.5, 0.6) is 5.75 Å². The van der Waals surface area contributed by atoms with E-state index in [0.29, 0.717) is 22.6 Å². The van der Waals surface area contributed by atoms with Gasteiger partial charge in [0.2, 0.25) is 0 Å². The second kappa shape index (κ2) is 7.45. The normalized spacial score (nSPS) is 17.3. The predicted molar refractivity (Wildman–Crippen MR) is 108 cm³/mol. The van der Waals surface area contributed by atoms with Crippen molar-refractivity contribution in [3.8, 4) is 5.75 Å². The lowest BCUT2D eigenvalue weighted by Crippen LogP contribution is -2.41. The summed E-state index contributed by atoms with van der Waals surface area (Å²) in [5, 5.41) is 5.28. The highest BCUT2D eigenvalue weighted by Crippen LogP contribution is 2.36. The van der Waals surface area contributed by atoms with E-state index in [4.69, 9.17) is 14.0 Å². The molecular formula is C20H24BFN2O4. The van der Waals surface area contributed by atoms with Gasteiger partial charge in [0, 0.05) is 16.8 Å². The highest BCUT2D eigenvalue weighted by Gasteiger charge is 2.52. The van der Waals surface area contributed by atoms with Gasteiger partial charge in [0.25, 0.3) is 0 Å². The molecule has 0 aliphatic carbocycles. The van der Waals surface area contributed by atoms with Crippen LogP contribution in [0, 0.1) is 5.82 Å². The SMILES string of the molecule is COc1ccc(NC(=O)Nc2ccc(B3OC(C)(C)C(C)(C)O3)c(F)c2)cc1. The van der Waals surface area contributed by atoms with Gasteiger partial charge in [-0.15, -0.1) is 0 Å². The van der Waals surface area contributed by atoms with E-state index in [-0.39, 0.29) is 0 Å². The molecule has 148 valence electrons. The average Bonchev–Trinajstić information content (AvgIpc) is 2.83. The maximum atomic E-state index is 14.6. The molecule has 2 N–H and O–H groups in total. The van der Waals surface area contributed by atoms with Gasteiger partial charge in [0.1, 0.15) is 11.6 Å². The van der Waals surface area contributed by atoms with Crippen molar-refractivity contribution in [1.29, 1.82) is 0 Å². The Morgan fingerprint density at radius 2 is 1.50 bits per heavy atom. The smallest absolute Gasteiger partial charge is 0.497 e. The van der Waals surface area contributed by atoms with Gasteiger partial charge in [0.05, 0.1) is 18.3 Å². The summed E-state index contributed by atoms with van der Waals surface area (Å²) in [6, 6.07) is 10.8. The van der Waals surface area contributed by atoms with Gasteiger partial charge in [-0.3, -0.25) is 0 Å². The molecular weight excluding hydrogens is 362 g/mol. The Kier molecular flexibility index (Phi) is 5.36. The van der Waals surface area contributed by atoms with Crippen LogP contribution in [0.25, 0.3) is 0 Å². The van der Waals surface area contributed by atoms with Gasteiger partial charge in [-0.1, -0.05) is 6.07 Å². The standard InChI is InChI=1S/C20H24BFN2O4/c1-19(2)20(3,4)28-21(27-19)16-11-8-14(12-17(16)22)24-18(25)23-13-6-9-15(26-5)10-7-13/h6-12H,1-5H3,(H2,23,24,25). The summed E-state index contributed by atoms with van der Waals surface area (Å²) in [6.45, 7) is 7.63. The third-order valence-corrected chi connectivity index (χ3v) is 5.11. The monoisotopic (exact) mass is 386 g/mol. The maximum Gasteiger partial charge on any atom is 0.497 e. The average molecular weight is 386 g/mol. The first-order valence-corrected chi connectivity index (χ1v) is 8.98. The first-order chi connectivity index (χ1) is 13.1. The van der Waals surface area contributed by atoms with Crippen molar-refractivity contribution in [1.82, 2.24) is 0 Å². The Balaban J connectivity index is 1.66. The van der Waals surface area contributed by atoms with Crippen molar-refractivity contribution in [2.45, 2.75) is 38.9 Å². The van der Waals surface area contributed by atoms with Crippen molar-refractivity contribution in [3.05, 3.63) is 48.3 Å². The summed E-state index contributed by atoms with van der Waals surface area (Å²) >= 11 is 0. The number of amides is 2. The quantitative estimate of drug-likeness (QED) is 0.785. The summed E-state index contributed by atoms with van der Waals surface area (Å²) in [5.74, 6) is 0.173. The van der Waals surface area contributed by atoms with E-state index < -0.39 is 30.2 Å². The van der Waals surface area contributed by atoms with Crippen LogP contribution in [0.1, 0.15) is 27.7 Å². The number of hydrogen-bond donors (Lipinski definition) is 2. The molecule has 3 rings (SSSR count). The fourth-order valence-electron chi connectivity index (χ4n) is 2.73. The minimum absolute atomic E-state index is 0.291. The fraction of sp³-hybridized carbons (Fsp3) is 0.350. The highest BCUT2D eigenvalue weighted by molar-refractivity contribution is 6.62. The first kappa shape index (κ1) is 20.2. The molecule has 1 aliphatic rings.